The summed E-state index contributed by atoms with van der Waals surface area (Å²) < 4.78 is 5.27. The Kier molecular flexibility index (Phi) is 5.45. The van der Waals surface area contributed by atoms with Gasteiger partial charge in [0.1, 0.15) is 5.75 Å². The first kappa shape index (κ1) is 14.0. The molecule has 1 aromatic carbocycles. The summed E-state index contributed by atoms with van der Waals surface area (Å²) in [5.74, 6) is 0.877. The highest BCUT2D eigenvalue weighted by Crippen LogP contribution is 2.20. The van der Waals surface area contributed by atoms with Crippen LogP contribution in [0.4, 0.5) is 0 Å². The van der Waals surface area contributed by atoms with E-state index in [2.05, 4.69) is 37.9 Å². The molecule has 0 radical (unpaired) electrons. The van der Waals surface area contributed by atoms with Gasteiger partial charge in [0.25, 0.3) is 0 Å². The Balaban J connectivity index is 2.78. The molecule has 1 unspecified atom stereocenters. The van der Waals surface area contributed by atoms with Crippen molar-refractivity contribution >= 4 is 0 Å². The van der Waals surface area contributed by atoms with Crippen molar-refractivity contribution in [3.05, 3.63) is 29.3 Å². The van der Waals surface area contributed by atoms with Crippen LogP contribution < -0.4 is 10.5 Å². The molecule has 2 N–H and O–H groups in total. The molecule has 0 aliphatic carbocycles. The van der Waals surface area contributed by atoms with Gasteiger partial charge in [-0.15, -0.1) is 0 Å². The van der Waals surface area contributed by atoms with Gasteiger partial charge in [0, 0.05) is 24.7 Å². The molecule has 0 amide bonds. The minimum Gasteiger partial charge on any atom is -0.496 e. The van der Waals surface area contributed by atoms with Gasteiger partial charge in [-0.2, -0.15) is 0 Å². The number of nitrogens with zero attached hydrogens (tertiary/aromatic N) is 1. The molecule has 1 atom stereocenters. The molecular formula is C14H24N2O. The summed E-state index contributed by atoms with van der Waals surface area (Å²) in [4.78, 5) is 2.35. The van der Waals surface area contributed by atoms with E-state index in [4.69, 9.17) is 10.5 Å². The summed E-state index contributed by atoms with van der Waals surface area (Å²) in [6.07, 6.45) is 1.16. The van der Waals surface area contributed by atoms with Gasteiger partial charge in [-0.3, -0.25) is 4.90 Å². The van der Waals surface area contributed by atoms with Crippen molar-refractivity contribution < 1.29 is 4.74 Å². The average Bonchev–Trinajstić information content (AvgIpc) is 2.37. The van der Waals surface area contributed by atoms with Crippen molar-refractivity contribution in [1.29, 1.82) is 0 Å². The van der Waals surface area contributed by atoms with Crippen LogP contribution in [0.2, 0.25) is 0 Å². The first-order chi connectivity index (χ1) is 8.12. The van der Waals surface area contributed by atoms with Gasteiger partial charge in [0.2, 0.25) is 0 Å². The first-order valence-corrected chi connectivity index (χ1v) is 6.18. The van der Waals surface area contributed by atoms with Crippen molar-refractivity contribution in [2.75, 3.05) is 14.2 Å². The van der Waals surface area contributed by atoms with Crippen LogP contribution in [0.5, 0.6) is 5.75 Å². The number of ether oxygens (including phenoxy) is 1. The van der Waals surface area contributed by atoms with E-state index in [0.29, 0.717) is 12.6 Å². The van der Waals surface area contributed by atoms with Gasteiger partial charge < -0.3 is 10.5 Å². The van der Waals surface area contributed by atoms with Crippen molar-refractivity contribution in [3.63, 3.8) is 0 Å². The smallest absolute Gasteiger partial charge is 0.123 e. The van der Waals surface area contributed by atoms with Crippen LogP contribution in [0.1, 0.15) is 31.4 Å². The third kappa shape index (κ3) is 3.72. The second-order valence-corrected chi connectivity index (χ2v) is 4.52. The van der Waals surface area contributed by atoms with Gasteiger partial charge in [0.05, 0.1) is 7.11 Å². The summed E-state index contributed by atoms with van der Waals surface area (Å²) in [7, 11) is 3.83. The van der Waals surface area contributed by atoms with E-state index in [-0.39, 0.29) is 0 Å². The Bertz CT molecular complexity index is 352. The highest BCUT2D eigenvalue weighted by molar-refractivity contribution is 5.37. The number of nitrogens with two attached hydrogens (primary N) is 1. The lowest BCUT2D eigenvalue weighted by Crippen LogP contribution is -2.27. The van der Waals surface area contributed by atoms with Gasteiger partial charge >= 0.3 is 0 Å². The van der Waals surface area contributed by atoms with Crippen molar-refractivity contribution in [2.24, 2.45) is 5.73 Å². The summed E-state index contributed by atoms with van der Waals surface area (Å²) in [5, 5.41) is 0. The Hall–Kier alpha value is -1.06. The van der Waals surface area contributed by atoms with E-state index >= 15 is 0 Å². The Labute approximate surface area is 105 Å². The van der Waals surface area contributed by atoms with Crippen LogP contribution in [0, 0.1) is 0 Å². The van der Waals surface area contributed by atoms with E-state index in [9.17, 15) is 0 Å². The molecule has 0 aliphatic rings. The van der Waals surface area contributed by atoms with Gasteiger partial charge in [-0.1, -0.05) is 13.0 Å². The zero-order valence-corrected chi connectivity index (χ0v) is 11.4. The summed E-state index contributed by atoms with van der Waals surface area (Å²) in [6.45, 7) is 5.92. The minimum atomic E-state index is 0.518. The maximum absolute atomic E-state index is 5.72. The van der Waals surface area contributed by atoms with Crippen LogP contribution in [0.3, 0.4) is 0 Å². The van der Waals surface area contributed by atoms with E-state index in [1.54, 1.807) is 7.11 Å². The van der Waals surface area contributed by atoms with Crippen molar-refractivity contribution in [3.8, 4) is 5.75 Å². The predicted molar refractivity (Wildman–Crippen MR) is 72.1 cm³/mol. The Morgan fingerprint density at radius 3 is 2.65 bits per heavy atom. The molecule has 96 valence electrons. The topological polar surface area (TPSA) is 38.5 Å². The first-order valence-electron chi connectivity index (χ1n) is 6.18. The predicted octanol–water partition coefficient (Wildman–Crippen LogP) is 2.38. The molecule has 0 fully saturated rings. The molecule has 1 aromatic rings. The average molecular weight is 236 g/mol. The maximum Gasteiger partial charge on any atom is 0.123 e. The van der Waals surface area contributed by atoms with Crippen LogP contribution in [0.25, 0.3) is 0 Å². The van der Waals surface area contributed by atoms with E-state index in [1.165, 1.54) is 5.56 Å². The number of benzene rings is 1. The molecule has 3 nitrogen and oxygen atoms in total. The molecule has 0 bridgehead atoms. The molecule has 17 heavy (non-hydrogen) atoms. The zero-order chi connectivity index (χ0) is 12.8. The van der Waals surface area contributed by atoms with Crippen LogP contribution in [-0.2, 0) is 13.1 Å². The van der Waals surface area contributed by atoms with Gasteiger partial charge in [-0.25, -0.2) is 0 Å². The number of rotatable bonds is 6. The summed E-state index contributed by atoms with van der Waals surface area (Å²) in [6, 6.07) is 6.84. The SMILES string of the molecule is CCC(C)N(C)Cc1ccc(OC)c(CN)c1. The second kappa shape index (κ2) is 6.62. The molecule has 0 heterocycles. The van der Waals surface area contributed by atoms with Crippen LogP contribution >= 0.6 is 0 Å². The summed E-state index contributed by atoms with van der Waals surface area (Å²) >= 11 is 0. The van der Waals surface area contributed by atoms with Crippen LogP contribution in [-0.4, -0.2) is 25.1 Å². The zero-order valence-electron chi connectivity index (χ0n) is 11.4. The normalized spacial score (nSPS) is 12.8. The molecule has 0 aromatic heterocycles. The fourth-order valence-electron chi connectivity index (χ4n) is 1.85. The fraction of sp³-hybridized carbons (Fsp3) is 0.571. The Morgan fingerprint density at radius 2 is 2.12 bits per heavy atom. The van der Waals surface area contributed by atoms with E-state index in [1.807, 2.05) is 6.07 Å². The van der Waals surface area contributed by atoms with Gasteiger partial charge in [0.15, 0.2) is 0 Å². The molecule has 0 aliphatic heterocycles. The molecule has 3 heteroatoms. The molecular weight excluding hydrogens is 212 g/mol. The second-order valence-electron chi connectivity index (χ2n) is 4.52. The summed E-state index contributed by atoms with van der Waals surface area (Å²) in [5.41, 5.74) is 8.08. The molecule has 1 rings (SSSR count). The van der Waals surface area contributed by atoms with E-state index in [0.717, 1.165) is 24.3 Å². The third-order valence-corrected chi connectivity index (χ3v) is 3.34. The standard InChI is InChI=1S/C14H24N2O/c1-5-11(2)16(3)10-12-6-7-14(17-4)13(8-12)9-15/h6-8,11H,5,9-10,15H2,1-4H3. The number of hydrogen-bond acceptors (Lipinski definition) is 3. The fourth-order valence-corrected chi connectivity index (χ4v) is 1.85. The minimum absolute atomic E-state index is 0.518. The third-order valence-electron chi connectivity index (χ3n) is 3.34. The van der Waals surface area contributed by atoms with Gasteiger partial charge in [-0.05, 0) is 38.1 Å². The molecule has 0 saturated heterocycles. The monoisotopic (exact) mass is 236 g/mol. The quantitative estimate of drug-likeness (QED) is 0.824. The molecule has 0 spiro atoms. The number of hydrogen-bond donors (Lipinski definition) is 1. The highest BCUT2D eigenvalue weighted by Gasteiger charge is 2.09. The largest absolute Gasteiger partial charge is 0.496 e. The van der Waals surface area contributed by atoms with Crippen molar-refractivity contribution in [2.45, 2.75) is 39.4 Å². The van der Waals surface area contributed by atoms with Crippen LogP contribution in [0.15, 0.2) is 18.2 Å². The Morgan fingerprint density at radius 1 is 1.41 bits per heavy atom. The molecule has 0 saturated carbocycles. The number of methoxy groups -OCH3 is 1. The lowest BCUT2D eigenvalue weighted by Gasteiger charge is -2.23. The lowest BCUT2D eigenvalue weighted by molar-refractivity contribution is 0.243. The van der Waals surface area contributed by atoms with E-state index < -0.39 is 0 Å². The highest BCUT2D eigenvalue weighted by atomic mass is 16.5. The van der Waals surface area contributed by atoms with Crippen molar-refractivity contribution in [1.82, 2.24) is 4.90 Å². The lowest BCUT2D eigenvalue weighted by atomic mass is 10.1. The maximum atomic E-state index is 5.72.